The molecule has 0 aliphatic carbocycles. The molecule has 0 bridgehead atoms. The van der Waals surface area contributed by atoms with E-state index in [1.165, 1.54) is 26.0 Å². The molecule has 6 N–H and O–H groups in total. The third-order valence-electron chi connectivity index (χ3n) is 5.31. The van der Waals surface area contributed by atoms with Gasteiger partial charge in [-0.2, -0.15) is 0 Å². The molecule has 204 valence electrons. The summed E-state index contributed by atoms with van der Waals surface area (Å²) in [5, 5.41) is 28.6. The van der Waals surface area contributed by atoms with Crippen molar-refractivity contribution in [2.75, 3.05) is 0 Å². The number of aliphatic carboxylic acids is 1. The highest BCUT2D eigenvalue weighted by molar-refractivity contribution is 5.94. The molecule has 1 aromatic carbocycles. The number of benzene rings is 1. The van der Waals surface area contributed by atoms with Crippen LogP contribution in [0.1, 0.15) is 52.5 Å². The summed E-state index contributed by atoms with van der Waals surface area (Å²) in [5.41, 5.74) is 0.674. The monoisotopic (exact) mass is 520 g/mol. The zero-order valence-electron chi connectivity index (χ0n) is 21.4. The molecule has 0 fully saturated rings. The summed E-state index contributed by atoms with van der Waals surface area (Å²) in [6.07, 6.45) is 0.195. The molecule has 4 amide bonds. The fourth-order valence-electron chi connectivity index (χ4n) is 3.52. The van der Waals surface area contributed by atoms with Crippen molar-refractivity contribution in [2.45, 2.75) is 77.5 Å². The van der Waals surface area contributed by atoms with Gasteiger partial charge in [0.25, 0.3) is 0 Å². The minimum Gasteiger partial charge on any atom is -0.508 e. The summed E-state index contributed by atoms with van der Waals surface area (Å²) in [7, 11) is 0. The maximum Gasteiger partial charge on any atom is 0.305 e. The molecule has 0 unspecified atom stereocenters. The van der Waals surface area contributed by atoms with E-state index in [2.05, 4.69) is 21.3 Å². The fourth-order valence-corrected chi connectivity index (χ4v) is 3.52. The van der Waals surface area contributed by atoms with Gasteiger partial charge in [0.05, 0.1) is 6.42 Å². The van der Waals surface area contributed by atoms with Crippen LogP contribution in [0.5, 0.6) is 5.75 Å². The van der Waals surface area contributed by atoms with Crippen molar-refractivity contribution < 1.29 is 39.0 Å². The van der Waals surface area contributed by atoms with Gasteiger partial charge in [-0.05, 0) is 37.0 Å². The number of hydrogen-bond donors (Lipinski definition) is 6. The first-order valence-electron chi connectivity index (χ1n) is 11.9. The first-order valence-corrected chi connectivity index (χ1v) is 11.9. The summed E-state index contributed by atoms with van der Waals surface area (Å²) < 4.78 is 0. The van der Waals surface area contributed by atoms with E-state index in [0.29, 0.717) is 11.8 Å². The molecule has 1 aromatic rings. The zero-order valence-corrected chi connectivity index (χ0v) is 21.4. The van der Waals surface area contributed by atoms with Crippen LogP contribution in [0.15, 0.2) is 24.3 Å². The predicted molar refractivity (Wildman–Crippen MR) is 133 cm³/mol. The summed E-state index contributed by atoms with van der Waals surface area (Å²) in [6.45, 7) is 6.35. The van der Waals surface area contributed by atoms with E-state index in [0.717, 1.165) is 0 Å². The van der Waals surface area contributed by atoms with Crippen molar-refractivity contribution in [2.24, 2.45) is 5.92 Å². The van der Waals surface area contributed by atoms with Gasteiger partial charge in [-0.3, -0.25) is 24.0 Å². The number of hydrogen-bond acceptors (Lipinski definition) is 7. The number of carboxylic acid groups (broad SMARTS) is 1. The molecule has 0 aliphatic heterocycles. The summed E-state index contributed by atoms with van der Waals surface area (Å²) in [5.74, 6) is -3.51. The van der Waals surface area contributed by atoms with Crippen LogP contribution in [0.2, 0.25) is 0 Å². The maximum atomic E-state index is 13.1. The minimum absolute atomic E-state index is 0.0102. The average molecular weight is 521 g/mol. The van der Waals surface area contributed by atoms with Crippen LogP contribution in [0.3, 0.4) is 0 Å². The van der Waals surface area contributed by atoms with Gasteiger partial charge in [0.2, 0.25) is 23.6 Å². The molecular weight excluding hydrogens is 484 g/mol. The SMILES string of the molecule is CC(=O)N[C@@H](Cc1ccc(O)cc1)C(=O)N[C@@H](CC(C)C)C(=O)N[C@@H](C)C(=O)N[C@H](CC=O)CC(=O)O. The van der Waals surface area contributed by atoms with E-state index in [1.807, 2.05) is 13.8 Å². The van der Waals surface area contributed by atoms with Gasteiger partial charge in [0.1, 0.15) is 30.2 Å². The van der Waals surface area contributed by atoms with Gasteiger partial charge in [-0.15, -0.1) is 0 Å². The highest BCUT2D eigenvalue weighted by Gasteiger charge is 2.29. The molecule has 1 rings (SSSR count). The Balaban J connectivity index is 2.93. The number of aromatic hydroxyl groups is 1. The lowest BCUT2D eigenvalue weighted by Crippen LogP contribution is -2.57. The molecule has 37 heavy (non-hydrogen) atoms. The number of carboxylic acids is 1. The van der Waals surface area contributed by atoms with E-state index in [9.17, 15) is 33.9 Å². The Bertz CT molecular complexity index is 964. The van der Waals surface area contributed by atoms with Crippen LogP contribution >= 0.6 is 0 Å². The topological polar surface area (TPSA) is 191 Å². The van der Waals surface area contributed by atoms with Gasteiger partial charge >= 0.3 is 5.97 Å². The zero-order chi connectivity index (χ0) is 28.1. The second kappa shape index (κ2) is 15.2. The number of nitrogens with one attached hydrogen (secondary N) is 4. The Labute approximate surface area is 215 Å². The lowest BCUT2D eigenvalue weighted by atomic mass is 10.0. The lowest BCUT2D eigenvalue weighted by Gasteiger charge is -2.26. The minimum atomic E-state index is -1.19. The third kappa shape index (κ3) is 12.0. The second-order valence-corrected chi connectivity index (χ2v) is 9.25. The van der Waals surface area contributed by atoms with E-state index in [1.54, 1.807) is 12.1 Å². The van der Waals surface area contributed by atoms with Crippen LogP contribution in [-0.2, 0) is 35.2 Å². The normalized spacial score (nSPS) is 14.0. The summed E-state index contributed by atoms with van der Waals surface area (Å²) in [6, 6.07) is 2.10. The number of rotatable bonds is 15. The molecule has 0 saturated heterocycles. The smallest absolute Gasteiger partial charge is 0.305 e. The molecule has 0 heterocycles. The summed E-state index contributed by atoms with van der Waals surface area (Å²) >= 11 is 0. The largest absolute Gasteiger partial charge is 0.508 e. The Kier molecular flexibility index (Phi) is 12.8. The predicted octanol–water partition coefficient (Wildman–Crippen LogP) is 0.0235. The Morgan fingerprint density at radius 3 is 1.97 bits per heavy atom. The van der Waals surface area contributed by atoms with Crippen LogP contribution in [-0.4, -0.2) is 70.3 Å². The van der Waals surface area contributed by atoms with Crippen LogP contribution in [0.25, 0.3) is 0 Å². The fraction of sp³-hybridized carbons (Fsp3) is 0.520. The van der Waals surface area contributed by atoms with Gasteiger partial charge in [0.15, 0.2) is 0 Å². The summed E-state index contributed by atoms with van der Waals surface area (Å²) in [4.78, 5) is 72.0. The van der Waals surface area contributed by atoms with E-state index in [-0.39, 0.29) is 30.9 Å². The molecule has 4 atom stereocenters. The molecule has 12 nitrogen and oxygen atoms in total. The Morgan fingerprint density at radius 2 is 1.46 bits per heavy atom. The molecule has 0 aliphatic rings. The van der Waals surface area contributed by atoms with Gasteiger partial charge < -0.3 is 36.3 Å². The van der Waals surface area contributed by atoms with E-state index < -0.39 is 60.2 Å². The average Bonchev–Trinajstić information content (AvgIpc) is 2.78. The van der Waals surface area contributed by atoms with Crippen molar-refractivity contribution >= 4 is 35.9 Å². The Morgan fingerprint density at radius 1 is 0.865 bits per heavy atom. The number of carbonyl (C=O) groups is 6. The first kappa shape index (κ1) is 31.1. The number of phenols is 1. The third-order valence-corrected chi connectivity index (χ3v) is 5.31. The van der Waals surface area contributed by atoms with Gasteiger partial charge in [0, 0.05) is 25.8 Å². The van der Waals surface area contributed by atoms with Crippen molar-refractivity contribution in [3.8, 4) is 5.75 Å². The van der Waals surface area contributed by atoms with Gasteiger partial charge in [-0.1, -0.05) is 26.0 Å². The highest BCUT2D eigenvalue weighted by atomic mass is 16.4. The maximum absolute atomic E-state index is 13.1. The van der Waals surface area contributed by atoms with Crippen LogP contribution < -0.4 is 21.3 Å². The van der Waals surface area contributed by atoms with E-state index in [4.69, 9.17) is 5.11 Å². The highest BCUT2D eigenvalue weighted by Crippen LogP contribution is 2.12. The number of carbonyl (C=O) groups excluding carboxylic acids is 5. The first-order chi connectivity index (χ1) is 17.3. The molecule has 12 heteroatoms. The Hall–Kier alpha value is -3.96. The van der Waals surface area contributed by atoms with Crippen LogP contribution in [0, 0.1) is 5.92 Å². The number of amides is 4. The van der Waals surface area contributed by atoms with E-state index >= 15 is 0 Å². The van der Waals surface area contributed by atoms with Crippen molar-refractivity contribution in [1.82, 2.24) is 21.3 Å². The molecule has 0 radical (unpaired) electrons. The molecule has 0 saturated carbocycles. The quantitative estimate of drug-likeness (QED) is 0.174. The van der Waals surface area contributed by atoms with Crippen molar-refractivity contribution in [1.29, 1.82) is 0 Å². The van der Waals surface area contributed by atoms with Gasteiger partial charge in [-0.25, -0.2) is 0 Å². The molecule has 0 spiro atoms. The van der Waals surface area contributed by atoms with Crippen molar-refractivity contribution in [3.63, 3.8) is 0 Å². The van der Waals surface area contributed by atoms with Crippen molar-refractivity contribution in [3.05, 3.63) is 29.8 Å². The second-order valence-electron chi connectivity index (χ2n) is 9.25. The number of phenolic OH excluding ortho intramolecular Hbond substituents is 1. The molecule has 0 aromatic heterocycles. The lowest BCUT2D eigenvalue weighted by molar-refractivity contribution is -0.138. The number of aldehydes is 1. The molecular formula is C25H36N4O8. The van der Waals surface area contributed by atoms with Crippen LogP contribution in [0.4, 0.5) is 0 Å². The standard InChI is InChI=1S/C25H36N4O8/c1-14(2)11-20(24(36)26-15(3)23(35)28-18(9-10-30)13-22(33)34)29-25(37)21(27-16(4)31)12-17-5-7-19(32)8-6-17/h5-8,10,14-15,18,20-21,32H,9,11-13H2,1-4H3,(H,26,36)(H,27,31)(H,28,35)(H,29,37)(H,33,34)/t15-,18+,20-,21-/m0/s1.